The number of nitrogens with one attached hydrogen (secondary N) is 1. The monoisotopic (exact) mass is 291 g/mol. The second kappa shape index (κ2) is 7.62. The fourth-order valence-corrected chi connectivity index (χ4v) is 3.37. The molecule has 2 heterocycles. The molecule has 2 amide bonds. The minimum Gasteiger partial charge on any atom is -0.345 e. The molecule has 0 spiro atoms. The molecule has 0 saturated carbocycles. The van der Waals surface area contributed by atoms with Crippen LogP contribution in [0.4, 0.5) is 0 Å². The van der Waals surface area contributed by atoms with Crippen LogP contribution in [0.5, 0.6) is 0 Å². The maximum Gasteiger partial charge on any atom is 0.243 e. The minimum atomic E-state index is -0.428. The molecule has 0 aromatic carbocycles. The summed E-state index contributed by atoms with van der Waals surface area (Å²) < 4.78 is 0. The fraction of sp³-hybridized carbons (Fsp3) is 0.800. The van der Waals surface area contributed by atoms with Crippen LogP contribution in [0.2, 0.25) is 0 Å². The Morgan fingerprint density at radius 2 is 1.95 bits per heavy atom. The van der Waals surface area contributed by atoms with E-state index in [1.165, 1.54) is 6.92 Å². The molecule has 6 heteroatoms. The van der Waals surface area contributed by atoms with Gasteiger partial charge in [-0.25, -0.2) is 0 Å². The highest BCUT2D eigenvalue weighted by Gasteiger charge is 2.40. The highest BCUT2D eigenvalue weighted by Crippen LogP contribution is 2.31. The summed E-state index contributed by atoms with van der Waals surface area (Å²) >= 11 is 0. The molecular formula is C15H24BN2O3. The Kier molecular flexibility index (Phi) is 6.43. The van der Waals surface area contributed by atoms with Gasteiger partial charge < -0.3 is 10.2 Å². The summed E-state index contributed by atoms with van der Waals surface area (Å²) in [4.78, 5) is 37.8. The summed E-state index contributed by atoms with van der Waals surface area (Å²) in [6, 6.07) is -0.587. The minimum absolute atomic E-state index is 0. The fourth-order valence-electron chi connectivity index (χ4n) is 3.37. The molecule has 1 N–H and O–H groups in total. The van der Waals surface area contributed by atoms with Gasteiger partial charge in [-0.15, -0.1) is 0 Å². The van der Waals surface area contributed by atoms with Crippen molar-refractivity contribution in [2.75, 3.05) is 0 Å². The van der Waals surface area contributed by atoms with E-state index in [1.54, 1.807) is 4.90 Å². The first-order chi connectivity index (χ1) is 9.54. The first-order valence-electron chi connectivity index (χ1n) is 7.66. The largest absolute Gasteiger partial charge is 0.345 e. The molecule has 3 atom stereocenters. The normalized spacial score (nSPS) is 26.4. The van der Waals surface area contributed by atoms with E-state index in [0.29, 0.717) is 19.3 Å². The number of carbonyl (C=O) groups excluding carboxylic acids is 3. The number of rotatable bonds is 4. The van der Waals surface area contributed by atoms with Gasteiger partial charge in [0.05, 0.1) is 6.04 Å². The van der Waals surface area contributed by atoms with Crippen molar-refractivity contribution in [3.05, 3.63) is 0 Å². The second-order valence-electron chi connectivity index (χ2n) is 5.87. The average Bonchev–Trinajstić information content (AvgIpc) is 2.43. The average molecular weight is 291 g/mol. The Bertz CT molecular complexity index is 412. The maximum absolute atomic E-state index is 12.4. The highest BCUT2D eigenvalue weighted by atomic mass is 16.2. The molecule has 21 heavy (non-hydrogen) atoms. The molecule has 3 radical (unpaired) electrons. The van der Waals surface area contributed by atoms with Gasteiger partial charge in [0, 0.05) is 20.9 Å². The Morgan fingerprint density at radius 3 is 2.57 bits per heavy atom. The summed E-state index contributed by atoms with van der Waals surface area (Å²) in [5.74, 6) is -0.0952. The predicted octanol–water partition coefficient (Wildman–Crippen LogP) is 1.02. The molecule has 5 nitrogen and oxygen atoms in total. The van der Waals surface area contributed by atoms with Crippen LogP contribution < -0.4 is 5.32 Å². The molecule has 0 bridgehead atoms. The van der Waals surface area contributed by atoms with Crippen molar-refractivity contribution < 1.29 is 14.4 Å². The van der Waals surface area contributed by atoms with Gasteiger partial charge in [0.15, 0.2) is 5.78 Å². The lowest BCUT2D eigenvalue weighted by molar-refractivity contribution is -0.149. The van der Waals surface area contributed by atoms with Crippen molar-refractivity contribution in [1.29, 1.82) is 0 Å². The summed E-state index contributed by atoms with van der Waals surface area (Å²) in [6.45, 7) is 3.37. The molecule has 2 aliphatic heterocycles. The van der Waals surface area contributed by atoms with Gasteiger partial charge in [0.1, 0.15) is 6.04 Å². The third kappa shape index (κ3) is 3.86. The number of piperidine rings is 2. The Hall–Kier alpha value is -1.33. The molecule has 3 unspecified atom stereocenters. The predicted molar refractivity (Wildman–Crippen MR) is 80.8 cm³/mol. The van der Waals surface area contributed by atoms with Crippen LogP contribution in [-0.2, 0) is 14.4 Å². The number of hydrogen-bond donors (Lipinski definition) is 1. The van der Waals surface area contributed by atoms with E-state index in [0.717, 1.165) is 25.7 Å². The standard InChI is InChI=1S/C15H24N2O3.B/c1-3-12(10(2)18)16-15(20)13-8-4-6-11-7-5-9-14(19)17(11)13;/h11-13H,3-9H2,1-2H3,(H,16,20);. The first-order valence-corrected chi connectivity index (χ1v) is 7.66. The number of fused-ring (bicyclic) bond motifs is 1. The van der Waals surface area contributed by atoms with Crippen LogP contribution in [0.15, 0.2) is 0 Å². The molecule has 2 aliphatic rings. The number of nitrogens with zero attached hydrogens (tertiary/aromatic N) is 1. The summed E-state index contributed by atoms with van der Waals surface area (Å²) in [5.41, 5.74) is 0. The van der Waals surface area contributed by atoms with E-state index >= 15 is 0 Å². The molecule has 115 valence electrons. The van der Waals surface area contributed by atoms with Gasteiger partial charge >= 0.3 is 0 Å². The highest BCUT2D eigenvalue weighted by molar-refractivity contribution is 5.92. The van der Waals surface area contributed by atoms with E-state index in [4.69, 9.17) is 0 Å². The Morgan fingerprint density at radius 1 is 1.29 bits per heavy atom. The van der Waals surface area contributed by atoms with Crippen molar-refractivity contribution in [2.45, 2.75) is 76.9 Å². The topological polar surface area (TPSA) is 66.5 Å². The van der Waals surface area contributed by atoms with Gasteiger partial charge in [-0.1, -0.05) is 6.92 Å². The maximum atomic E-state index is 12.4. The van der Waals surface area contributed by atoms with Crippen molar-refractivity contribution >= 4 is 26.0 Å². The number of ketones is 1. The lowest BCUT2D eigenvalue weighted by atomic mass is 9.88. The smallest absolute Gasteiger partial charge is 0.243 e. The number of hydrogen-bond acceptors (Lipinski definition) is 3. The van der Waals surface area contributed by atoms with Crippen molar-refractivity contribution in [2.24, 2.45) is 0 Å². The van der Waals surface area contributed by atoms with Crippen LogP contribution in [0.1, 0.15) is 58.8 Å². The number of amides is 2. The SMILES string of the molecule is CCC(NC(=O)C1CCCC2CCCC(=O)N21)C(C)=O.[B]. The molecule has 0 aromatic heterocycles. The summed E-state index contributed by atoms with van der Waals surface area (Å²) in [6.07, 6.45) is 5.75. The van der Waals surface area contributed by atoms with E-state index in [-0.39, 0.29) is 38.1 Å². The molecule has 0 aromatic rings. The van der Waals surface area contributed by atoms with Crippen molar-refractivity contribution in [3.8, 4) is 0 Å². The van der Waals surface area contributed by atoms with E-state index in [9.17, 15) is 14.4 Å². The second-order valence-corrected chi connectivity index (χ2v) is 5.87. The quantitative estimate of drug-likeness (QED) is 0.786. The van der Waals surface area contributed by atoms with Crippen LogP contribution in [0, 0.1) is 0 Å². The third-order valence-corrected chi connectivity index (χ3v) is 4.48. The van der Waals surface area contributed by atoms with Crippen molar-refractivity contribution in [1.82, 2.24) is 10.2 Å². The molecular weight excluding hydrogens is 267 g/mol. The molecule has 2 saturated heterocycles. The van der Waals surface area contributed by atoms with Crippen LogP contribution in [0.25, 0.3) is 0 Å². The van der Waals surface area contributed by atoms with E-state index < -0.39 is 6.04 Å². The Labute approximate surface area is 128 Å². The third-order valence-electron chi connectivity index (χ3n) is 4.48. The lowest BCUT2D eigenvalue weighted by Crippen LogP contribution is -2.59. The van der Waals surface area contributed by atoms with Crippen LogP contribution in [-0.4, -0.2) is 49.0 Å². The van der Waals surface area contributed by atoms with Crippen LogP contribution in [0.3, 0.4) is 0 Å². The summed E-state index contributed by atoms with van der Waals surface area (Å²) in [5, 5.41) is 2.81. The van der Waals surface area contributed by atoms with Gasteiger partial charge in [-0.2, -0.15) is 0 Å². The van der Waals surface area contributed by atoms with Crippen molar-refractivity contribution in [3.63, 3.8) is 0 Å². The molecule has 0 aliphatic carbocycles. The van der Waals surface area contributed by atoms with Gasteiger partial charge in [-0.3, -0.25) is 14.4 Å². The Balaban J connectivity index is 0.00000220. The molecule has 2 fully saturated rings. The van der Waals surface area contributed by atoms with Gasteiger partial charge in [0.25, 0.3) is 0 Å². The summed E-state index contributed by atoms with van der Waals surface area (Å²) in [7, 11) is 0. The zero-order chi connectivity index (χ0) is 14.7. The van der Waals surface area contributed by atoms with E-state index in [2.05, 4.69) is 5.32 Å². The first kappa shape index (κ1) is 17.7. The lowest BCUT2D eigenvalue weighted by Gasteiger charge is -2.44. The number of Topliss-reactive ketones (excluding diaryl/α,β-unsaturated/α-hetero) is 1. The van der Waals surface area contributed by atoms with Crippen LogP contribution >= 0.6 is 0 Å². The van der Waals surface area contributed by atoms with Gasteiger partial charge in [0.2, 0.25) is 11.8 Å². The van der Waals surface area contributed by atoms with E-state index in [1.807, 2.05) is 6.92 Å². The zero-order valence-electron chi connectivity index (χ0n) is 12.9. The zero-order valence-corrected chi connectivity index (χ0v) is 12.9. The molecule has 2 rings (SSSR count). The number of carbonyl (C=O) groups is 3. The van der Waals surface area contributed by atoms with Gasteiger partial charge in [-0.05, 0) is 45.4 Å².